The summed E-state index contributed by atoms with van der Waals surface area (Å²) >= 11 is 0. The molecule has 3 heterocycles. The highest BCUT2D eigenvalue weighted by molar-refractivity contribution is 5.76. The summed E-state index contributed by atoms with van der Waals surface area (Å²) in [7, 11) is 0. The predicted octanol–water partition coefficient (Wildman–Crippen LogP) is 3.83. The third-order valence-corrected chi connectivity index (χ3v) is 5.79. The van der Waals surface area contributed by atoms with Crippen LogP contribution in [0.4, 0.5) is 10.6 Å². The summed E-state index contributed by atoms with van der Waals surface area (Å²) in [5, 5.41) is 3.49. The third-order valence-electron chi connectivity index (χ3n) is 5.79. The highest BCUT2D eigenvalue weighted by Crippen LogP contribution is 2.24. The monoisotopic (exact) mass is 416 g/mol. The molecule has 0 aromatic carbocycles. The number of likely N-dealkylation sites (tertiary alicyclic amines) is 2. The molecular formula is C23H36N4O3. The summed E-state index contributed by atoms with van der Waals surface area (Å²) in [5.74, 6) is 1.53. The van der Waals surface area contributed by atoms with Crippen LogP contribution in [0.1, 0.15) is 58.6 Å². The first kappa shape index (κ1) is 22.4. The Balaban J connectivity index is 1.36. The van der Waals surface area contributed by atoms with Crippen LogP contribution in [0.2, 0.25) is 0 Å². The molecule has 0 bridgehead atoms. The van der Waals surface area contributed by atoms with Gasteiger partial charge in [0.25, 0.3) is 0 Å². The molecule has 30 heavy (non-hydrogen) atoms. The van der Waals surface area contributed by atoms with Crippen LogP contribution in [-0.2, 0) is 9.53 Å². The molecule has 0 saturated carbocycles. The average molecular weight is 417 g/mol. The van der Waals surface area contributed by atoms with Gasteiger partial charge in [-0.1, -0.05) is 6.07 Å². The summed E-state index contributed by atoms with van der Waals surface area (Å²) in [6.45, 7) is 10.6. The number of aryl methyl sites for hydroxylation is 1. The van der Waals surface area contributed by atoms with Crippen molar-refractivity contribution in [3.05, 3.63) is 23.9 Å². The molecule has 166 valence electrons. The number of carbonyl (C=O) groups is 2. The van der Waals surface area contributed by atoms with Crippen molar-refractivity contribution in [3.8, 4) is 0 Å². The molecule has 2 fully saturated rings. The van der Waals surface area contributed by atoms with E-state index in [0.717, 1.165) is 56.8 Å². The Bertz CT molecular complexity index is 738. The Morgan fingerprint density at radius 3 is 2.50 bits per heavy atom. The van der Waals surface area contributed by atoms with E-state index in [0.29, 0.717) is 24.9 Å². The van der Waals surface area contributed by atoms with E-state index in [9.17, 15) is 9.59 Å². The number of nitrogens with zero attached hydrogens (tertiary/aromatic N) is 3. The van der Waals surface area contributed by atoms with E-state index in [1.54, 1.807) is 4.90 Å². The maximum absolute atomic E-state index is 12.7. The zero-order valence-electron chi connectivity index (χ0n) is 18.8. The van der Waals surface area contributed by atoms with Gasteiger partial charge in [0.15, 0.2) is 0 Å². The minimum atomic E-state index is -0.471. The number of rotatable bonds is 5. The first-order chi connectivity index (χ1) is 14.2. The van der Waals surface area contributed by atoms with Gasteiger partial charge in [-0.3, -0.25) is 4.79 Å². The van der Waals surface area contributed by atoms with Gasteiger partial charge in [-0.2, -0.15) is 0 Å². The second-order valence-electron chi connectivity index (χ2n) is 9.58. The van der Waals surface area contributed by atoms with E-state index >= 15 is 0 Å². The van der Waals surface area contributed by atoms with E-state index < -0.39 is 5.60 Å². The van der Waals surface area contributed by atoms with Crippen molar-refractivity contribution in [2.75, 3.05) is 31.5 Å². The smallest absolute Gasteiger partial charge is 0.410 e. The SMILES string of the molecule is Cc1cccc(NC2CCN(C(=O)CCC3CCN(C(=O)OC(C)(C)C)C3)CC2)n1. The highest BCUT2D eigenvalue weighted by Gasteiger charge is 2.30. The number of pyridine rings is 1. The molecule has 2 amide bonds. The molecule has 3 rings (SSSR count). The molecule has 2 aliphatic heterocycles. The first-order valence-corrected chi connectivity index (χ1v) is 11.2. The first-order valence-electron chi connectivity index (χ1n) is 11.2. The molecule has 0 aliphatic carbocycles. The van der Waals surface area contributed by atoms with Gasteiger partial charge >= 0.3 is 6.09 Å². The van der Waals surface area contributed by atoms with Crippen molar-refractivity contribution in [1.29, 1.82) is 0 Å². The number of hydrogen-bond acceptors (Lipinski definition) is 5. The van der Waals surface area contributed by atoms with Crippen LogP contribution < -0.4 is 5.32 Å². The molecule has 2 aliphatic rings. The molecule has 1 aromatic rings. The lowest BCUT2D eigenvalue weighted by molar-refractivity contribution is -0.132. The fourth-order valence-corrected chi connectivity index (χ4v) is 4.15. The van der Waals surface area contributed by atoms with E-state index in [-0.39, 0.29) is 12.0 Å². The van der Waals surface area contributed by atoms with E-state index in [4.69, 9.17) is 4.74 Å². The molecule has 1 atom stereocenters. The van der Waals surface area contributed by atoms with Crippen LogP contribution in [-0.4, -0.2) is 64.6 Å². The van der Waals surface area contributed by atoms with Gasteiger partial charge in [0.2, 0.25) is 5.91 Å². The van der Waals surface area contributed by atoms with Crippen LogP contribution >= 0.6 is 0 Å². The van der Waals surface area contributed by atoms with Crippen molar-refractivity contribution in [1.82, 2.24) is 14.8 Å². The lowest BCUT2D eigenvalue weighted by Crippen LogP contribution is -2.42. The molecule has 1 aromatic heterocycles. The molecule has 7 heteroatoms. The summed E-state index contributed by atoms with van der Waals surface area (Å²) in [5.41, 5.74) is 0.534. The van der Waals surface area contributed by atoms with E-state index in [1.807, 2.05) is 50.8 Å². The number of carbonyl (C=O) groups excluding carboxylic acids is 2. The molecule has 7 nitrogen and oxygen atoms in total. The van der Waals surface area contributed by atoms with Crippen molar-refractivity contribution >= 4 is 17.8 Å². The number of amides is 2. The number of nitrogens with one attached hydrogen (secondary N) is 1. The van der Waals surface area contributed by atoms with E-state index in [2.05, 4.69) is 10.3 Å². The van der Waals surface area contributed by atoms with Gasteiger partial charge in [-0.05, 0) is 71.4 Å². The topological polar surface area (TPSA) is 74.8 Å². The second-order valence-corrected chi connectivity index (χ2v) is 9.58. The van der Waals surface area contributed by atoms with Crippen LogP contribution in [0.5, 0.6) is 0 Å². The Labute approximate surface area is 180 Å². The van der Waals surface area contributed by atoms with Gasteiger partial charge in [-0.25, -0.2) is 9.78 Å². The van der Waals surface area contributed by atoms with Crippen molar-refractivity contribution in [2.24, 2.45) is 5.92 Å². The number of ether oxygens (including phenoxy) is 1. The third kappa shape index (κ3) is 6.61. The van der Waals surface area contributed by atoms with Crippen molar-refractivity contribution in [3.63, 3.8) is 0 Å². The molecule has 1 N–H and O–H groups in total. The summed E-state index contributed by atoms with van der Waals surface area (Å²) in [4.78, 5) is 33.1. The molecule has 0 spiro atoms. The largest absolute Gasteiger partial charge is 0.444 e. The highest BCUT2D eigenvalue weighted by atomic mass is 16.6. The molecule has 0 radical (unpaired) electrons. The zero-order chi connectivity index (χ0) is 21.7. The Kier molecular flexibility index (Phi) is 7.21. The summed E-state index contributed by atoms with van der Waals surface area (Å²) < 4.78 is 5.45. The zero-order valence-corrected chi connectivity index (χ0v) is 18.8. The van der Waals surface area contributed by atoms with Gasteiger partial charge in [0.05, 0.1) is 0 Å². The molecule has 1 unspecified atom stereocenters. The Hall–Kier alpha value is -2.31. The molecule has 2 saturated heterocycles. The normalized spacial score (nSPS) is 20.3. The fourth-order valence-electron chi connectivity index (χ4n) is 4.15. The number of aromatic nitrogens is 1. The predicted molar refractivity (Wildman–Crippen MR) is 117 cm³/mol. The lowest BCUT2D eigenvalue weighted by atomic mass is 10.0. The maximum atomic E-state index is 12.7. The lowest BCUT2D eigenvalue weighted by Gasteiger charge is -2.33. The minimum absolute atomic E-state index is 0.234. The average Bonchev–Trinajstić information content (AvgIpc) is 3.15. The van der Waals surface area contributed by atoms with Crippen molar-refractivity contribution < 1.29 is 14.3 Å². The van der Waals surface area contributed by atoms with Gasteiger partial charge in [-0.15, -0.1) is 0 Å². The van der Waals surface area contributed by atoms with E-state index in [1.165, 1.54) is 0 Å². The molecular weight excluding hydrogens is 380 g/mol. The standard InChI is InChI=1S/C23H36N4O3/c1-17-6-5-7-20(24-17)25-19-11-14-26(15-12-19)21(28)9-8-18-10-13-27(16-18)22(29)30-23(2,3)4/h5-7,18-19H,8-16H2,1-4H3,(H,24,25). The quantitative estimate of drug-likeness (QED) is 0.790. The second kappa shape index (κ2) is 9.67. The van der Waals surface area contributed by atoms with Crippen LogP contribution in [0, 0.1) is 12.8 Å². The van der Waals surface area contributed by atoms with Gasteiger partial charge in [0, 0.05) is 44.3 Å². The van der Waals surface area contributed by atoms with Gasteiger partial charge in [0.1, 0.15) is 11.4 Å². The fraction of sp³-hybridized carbons (Fsp3) is 0.696. The maximum Gasteiger partial charge on any atom is 0.410 e. The Morgan fingerprint density at radius 2 is 1.83 bits per heavy atom. The minimum Gasteiger partial charge on any atom is -0.444 e. The van der Waals surface area contributed by atoms with Gasteiger partial charge < -0.3 is 19.9 Å². The Morgan fingerprint density at radius 1 is 1.13 bits per heavy atom. The van der Waals surface area contributed by atoms with Crippen LogP contribution in [0.25, 0.3) is 0 Å². The van der Waals surface area contributed by atoms with Crippen LogP contribution in [0.3, 0.4) is 0 Å². The van der Waals surface area contributed by atoms with Crippen molar-refractivity contribution in [2.45, 2.75) is 71.4 Å². The number of anilines is 1. The number of hydrogen-bond donors (Lipinski definition) is 1. The summed E-state index contributed by atoms with van der Waals surface area (Å²) in [6, 6.07) is 6.35. The van der Waals surface area contributed by atoms with Crippen LogP contribution in [0.15, 0.2) is 18.2 Å². The summed E-state index contributed by atoms with van der Waals surface area (Å²) in [6.07, 6.45) is 3.98. The number of piperidine rings is 1.